The van der Waals surface area contributed by atoms with Crippen LogP contribution in [0.15, 0.2) is 12.2 Å². The molecule has 0 saturated carbocycles. The summed E-state index contributed by atoms with van der Waals surface area (Å²) in [6, 6.07) is -0.800. The number of hydrogen-bond acceptors (Lipinski definition) is 8. The van der Waals surface area contributed by atoms with Crippen LogP contribution < -0.4 is 5.32 Å². The fourth-order valence-electron chi connectivity index (χ4n) is 9.51. The molecule has 0 aromatic rings. The van der Waals surface area contributed by atoms with Crippen LogP contribution in [-0.2, 0) is 14.3 Å². The van der Waals surface area contributed by atoms with Gasteiger partial charge in [-0.05, 0) is 19.3 Å². The second kappa shape index (κ2) is 47.6. The van der Waals surface area contributed by atoms with Gasteiger partial charge >= 0.3 is 0 Å². The minimum Gasteiger partial charge on any atom is -0.394 e. The summed E-state index contributed by atoms with van der Waals surface area (Å²) in [7, 11) is 0. The molecule has 1 fully saturated rings. The number of hydrogen-bond donors (Lipinski definition) is 6. The Hall–Kier alpha value is -1.07. The van der Waals surface area contributed by atoms with E-state index in [1.165, 1.54) is 231 Å². The van der Waals surface area contributed by atoms with Gasteiger partial charge in [-0.3, -0.25) is 4.79 Å². The summed E-state index contributed by atoms with van der Waals surface area (Å²) in [5, 5.41) is 54.5. The summed E-state index contributed by atoms with van der Waals surface area (Å²) in [5.41, 5.74) is 0. The predicted molar refractivity (Wildman–Crippen MR) is 277 cm³/mol. The van der Waals surface area contributed by atoms with Gasteiger partial charge in [-0.25, -0.2) is 0 Å². The van der Waals surface area contributed by atoms with Gasteiger partial charge in [0.25, 0.3) is 0 Å². The molecule has 0 bridgehead atoms. The lowest BCUT2D eigenvalue weighted by molar-refractivity contribution is -0.302. The molecule has 6 N–H and O–H groups in total. The average molecular weight is 939 g/mol. The lowest BCUT2D eigenvalue weighted by Crippen LogP contribution is -2.60. The Morgan fingerprint density at radius 1 is 0.500 bits per heavy atom. The lowest BCUT2D eigenvalue weighted by Gasteiger charge is -2.40. The number of aliphatic hydroxyl groups is 5. The van der Waals surface area contributed by atoms with Crippen LogP contribution in [0, 0.1) is 0 Å². The number of aliphatic hydroxyl groups excluding tert-OH is 5. The summed E-state index contributed by atoms with van der Waals surface area (Å²) in [4.78, 5) is 13.0. The van der Waals surface area contributed by atoms with E-state index < -0.39 is 49.5 Å². The van der Waals surface area contributed by atoms with Crippen molar-refractivity contribution in [1.29, 1.82) is 0 Å². The van der Waals surface area contributed by atoms with Crippen molar-refractivity contribution in [3.63, 3.8) is 0 Å². The first-order chi connectivity index (χ1) is 32.3. The normalized spacial score (nSPS) is 19.8. The molecule has 392 valence electrons. The SMILES string of the molecule is CCCCCCCCCCCCCCCCCCCCCCCCCCC/C=C/C(O)C(COC1OC(CO)C(O)C(O)C1O)NC(=O)CCCCCCCCCCCCCCCCCC. The van der Waals surface area contributed by atoms with Crippen molar-refractivity contribution in [3.05, 3.63) is 12.2 Å². The smallest absolute Gasteiger partial charge is 0.220 e. The summed E-state index contributed by atoms with van der Waals surface area (Å²) in [6.45, 7) is 3.82. The molecular weight excluding hydrogens is 827 g/mol. The number of allylic oxidation sites excluding steroid dienone is 1. The molecule has 7 unspecified atom stereocenters. The van der Waals surface area contributed by atoms with Crippen LogP contribution in [0.3, 0.4) is 0 Å². The topological polar surface area (TPSA) is 149 Å². The van der Waals surface area contributed by atoms with Crippen molar-refractivity contribution in [3.8, 4) is 0 Å². The fourth-order valence-corrected chi connectivity index (χ4v) is 9.51. The first-order valence-electron chi connectivity index (χ1n) is 28.9. The summed E-state index contributed by atoms with van der Waals surface area (Å²) < 4.78 is 11.3. The zero-order valence-electron chi connectivity index (χ0n) is 43.5. The van der Waals surface area contributed by atoms with E-state index in [0.717, 1.165) is 38.5 Å². The van der Waals surface area contributed by atoms with Crippen LogP contribution >= 0.6 is 0 Å². The number of amides is 1. The zero-order valence-corrected chi connectivity index (χ0v) is 43.5. The molecule has 0 aliphatic carbocycles. The van der Waals surface area contributed by atoms with Gasteiger partial charge in [0.1, 0.15) is 24.4 Å². The Morgan fingerprint density at radius 3 is 1.18 bits per heavy atom. The second-order valence-electron chi connectivity index (χ2n) is 20.5. The molecule has 1 aliphatic heterocycles. The number of unbranched alkanes of at least 4 members (excludes halogenated alkanes) is 40. The molecule has 0 aromatic carbocycles. The van der Waals surface area contributed by atoms with E-state index in [1.54, 1.807) is 6.08 Å². The van der Waals surface area contributed by atoms with Gasteiger partial charge in [0.05, 0.1) is 25.4 Å². The van der Waals surface area contributed by atoms with Crippen molar-refractivity contribution in [1.82, 2.24) is 5.32 Å². The van der Waals surface area contributed by atoms with Gasteiger partial charge < -0.3 is 40.3 Å². The number of rotatable bonds is 50. The van der Waals surface area contributed by atoms with Crippen molar-refractivity contribution in [2.45, 2.75) is 333 Å². The summed E-state index contributed by atoms with van der Waals surface area (Å²) in [5.74, 6) is -0.171. The molecule has 1 aliphatic rings. The van der Waals surface area contributed by atoms with Gasteiger partial charge in [0.15, 0.2) is 6.29 Å². The average Bonchev–Trinajstić information content (AvgIpc) is 3.32. The highest BCUT2D eigenvalue weighted by atomic mass is 16.7. The predicted octanol–water partition coefficient (Wildman–Crippen LogP) is 14.0. The van der Waals surface area contributed by atoms with E-state index in [9.17, 15) is 30.3 Å². The van der Waals surface area contributed by atoms with Gasteiger partial charge in [-0.15, -0.1) is 0 Å². The van der Waals surface area contributed by atoms with E-state index in [2.05, 4.69) is 19.2 Å². The Balaban J connectivity index is 2.19. The highest BCUT2D eigenvalue weighted by Gasteiger charge is 2.44. The number of carbonyl (C=O) groups excluding carboxylic acids is 1. The third kappa shape index (κ3) is 36.9. The van der Waals surface area contributed by atoms with Crippen LogP contribution in [0.5, 0.6) is 0 Å². The lowest BCUT2D eigenvalue weighted by atomic mass is 9.99. The third-order valence-corrected chi connectivity index (χ3v) is 14.1. The first kappa shape index (κ1) is 62.9. The van der Waals surface area contributed by atoms with Crippen molar-refractivity contribution in [2.75, 3.05) is 13.2 Å². The van der Waals surface area contributed by atoms with Crippen LogP contribution in [0.4, 0.5) is 0 Å². The van der Waals surface area contributed by atoms with Crippen LogP contribution in [0.25, 0.3) is 0 Å². The minimum absolute atomic E-state index is 0.171. The highest BCUT2D eigenvalue weighted by molar-refractivity contribution is 5.76. The maximum atomic E-state index is 13.0. The fraction of sp³-hybridized carbons (Fsp3) is 0.947. The molecular formula is C57H111NO8. The van der Waals surface area contributed by atoms with Gasteiger partial charge in [-0.2, -0.15) is 0 Å². The first-order valence-corrected chi connectivity index (χ1v) is 28.9. The third-order valence-electron chi connectivity index (χ3n) is 14.1. The van der Waals surface area contributed by atoms with Crippen molar-refractivity contribution < 1.29 is 39.8 Å². The maximum absolute atomic E-state index is 13.0. The molecule has 1 heterocycles. The number of nitrogens with one attached hydrogen (secondary N) is 1. The monoisotopic (exact) mass is 938 g/mol. The molecule has 1 rings (SSSR count). The van der Waals surface area contributed by atoms with Gasteiger partial charge in [0.2, 0.25) is 5.91 Å². The molecule has 0 radical (unpaired) electrons. The molecule has 9 nitrogen and oxygen atoms in total. The van der Waals surface area contributed by atoms with Gasteiger partial charge in [0, 0.05) is 6.42 Å². The molecule has 0 aromatic heterocycles. The van der Waals surface area contributed by atoms with E-state index in [0.29, 0.717) is 6.42 Å². The Bertz CT molecular complexity index is 1040. The van der Waals surface area contributed by atoms with Crippen LogP contribution in [-0.4, -0.2) is 87.5 Å². The standard InChI is InChI=1S/C57H111NO8/c1-3-5-7-9-11-13-15-17-19-21-22-23-24-25-26-27-28-29-30-31-32-34-36-38-40-42-44-46-51(60)50(49-65-57-56(64)55(63)54(62)52(48-59)66-57)58-53(61)47-45-43-41-39-37-35-33-20-18-16-14-12-10-8-6-4-2/h44,46,50-52,54-57,59-60,62-64H,3-43,45,47-49H2,1-2H3,(H,58,61)/b46-44+. The van der Waals surface area contributed by atoms with E-state index in [4.69, 9.17) is 9.47 Å². The quantitative estimate of drug-likeness (QED) is 0.0261. The van der Waals surface area contributed by atoms with Crippen molar-refractivity contribution >= 4 is 5.91 Å². The van der Waals surface area contributed by atoms with E-state index in [1.807, 2.05) is 6.08 Å². The highest BCUT2D eigenvalue weighted by Crippen LogP contribution is 2.23. The molecule has 7 atom stereocenters. The van der Waals surface area contributed by atoms with Crippen LogP contribution in [0.1, 0.15) is 290 Å². The molecule has 66 heavy (non-hydrogen) atoms. The Labute approximate surface area is 407 Å². The second-order valence-corrected chi connectivity index (χ2v) is 20.5. The van der Waals surface area contributed by atoms with Crippen molar-refractivity contribution in [2.24, 2.45) is 0 Å². The molecule has 0 spiro atoms. The number of carbonyl (C=O) groups is 1. The molecule has 9 heteroatoms. The summed E-state index contributed by atoms with van der Waals surface area (Å²) >= 11 is 0. The summed E-state index contributed by atoms with van der Waals surface area (Å²) in [6.07, 6.45) is 51.4. The van der Waals surface area contributed by atoms with E-state index >= 15 is 0 Å². The Morgan fingerprint density at radius 2 is 0.833 bits per heavy atom. The Kier molecular flexibility index (Phi) is 45.4. The zero-order chi connectivity index (χ0) is 48.0. The molecule has 1 amide bonds. The van der Waals surface area contributed by atoms with Gasteiger partial charge in [-0.1, -0.05) is 276 Å². The van der Waals surface area contributed by atoms with E-state index in [-0.39, 0.29) is 12.5 Å². The number of ether oxygens (including phenoxy) is 2. The molecule has 1 saturated heterocycles. The van der Waals surface area contributed by atoms with Crippen LogP contribution in [0.2, 0.25) is 0 Å². The largest absolute Gasteiger partial charge is 0.394 e. The minimum atomic E-state index is -1.56. The maximum Gasteiger partial charge on any atom is 0.220 e.